The van der Waals surface area contributed by atoms with Crippen molar-refractivity contribution < 1.29 is 14.3 Å². The number of carbonyl (C=O) groups excluding carboxylic acids is 2. The molecule has 1 aliphatic heterocycles. The van der Waals surface area contributed by atoms with E-state index in [0.29, 0.717) is 43.1 Å². The van der Waals surface area contributed by atoms with Crippen LogP contribution in [0.2, 0.25) is 0 Å². The summed E-state index contributed by atoms with van der Waals surface area (Å²) in [6, 6.07) is 6.68. The second-order valence-electron chi connectivity index (χ2n) is 5.62. The Morgan fingerprint density at radius 2 is 1.88 bits per heavy atom. The van der Waals surface area contributed by atoms with Gasteiger partial charge < -0.3 is 20.3 Å². The van der Waals surface area contributed by atoms with Crippen molar-refractivity contribution in [3.05, 3.63) is 47.9 Å². The Hall–Kier alpha value is -3.16. The van der Waals surface area contributed by atoms with Crippen LogP contribution >= 0.6 is 0 Å². The minimum absolute atomic E-state index is 0.162. The highest BCUT2D eigenvalue weighted by Gasteiger charge is 2.24. The number of esters is 1. The van der Waals surface area contributed by atoms with Crippen molar-refractivity contribution in [1.29, 1.82) is 0 Å². The number of pyridine rings is 2. The molecule has 8 nitrogen and oxygen atoms in total. The minimum Gasteiger partial charge on any atom is -0.465 e. The molecule has 25 heavy (non-hydrogen) atoms. The Morgan fingerprint density at radius 1 is 1.12 bits per heavy atom. The monoisotopic (exact) mass is 341 g/mol. The van der Waals surface area contributed by atoms with Crippen molar-refractivity contribution >= 4 is 23.4 Å². The van der Waals surface area contributed by atoms with Gasteiger partial charge in [0.05, 0.1) is 18.4 Å². The van der Waals surface area contributed by atoms with E-state index < -0.39 is 5.97 Å². The molecule has 3 rings (SSSR count). The molecule has 8 heteroatoms. The second kappa shape index (κ2) is 7.16. The molecule has 1 saturated heterocycles. The molecule has 0 bridgehead atoms. The van der Waals surface area contributed by atoms with Gasteiger partial charge in [-0.25, -0.2) is 9.78 Å². The molecule has 3 heterocycles. The van der Waals surface area contributed by atoms with Crippen LogP contribution in [0.1, 0.15) is 20.8 Å². The van der Waals surface area contributed by atoms with Gasteiger partial charge in [-0.05, 0) is 24.3 Å². The number of hydrogen-bond donors (Lipinski definition) is 1. The maximum absolute atomic E-state index is 12.5. The van der Waals surface area contributed by atoms with Crippen molar-refractivity contribution in [2.45, 2.75) is 0 Å². The number of nitrogens with zero attached hydrogens (tertiary/aromatic N) is 4. The average Bonchev–Trinajstić information content (AvgIpc) is 2.67. The first-order valence-electron chi connectivity index (χ1n) is 7.89. The summed E-state index contributed by atoms with van der Waals surface area (Å²) in [6.45, 7) is 2.39. The Morgan fingerprint density at radius 3 is 2.48 bits per heavy atom. The molecule has 1 aliphatic rings. The van der Waals surface area contributed by atoms with E-state index in [9.17, 15) is 9.59 Å². The maximum Gasteiger partial charge on any atom is 0.339 e. The van der Waals surface area contributed by atoms with Crippen LogP contribution in [-0.2, 0) is 4.74 Å². The van der Waals surface area contributed by atoms with Crippen LogP contribution in [0.4, 0.5) is 11.5 Å². The number of carbonyl (C=O) groups is 2. The third-order valence-electron chi connectivity index (χ3n) is 4.09. The van der Waals surface area contributed by atoms with E-state index in [2.05, 4.69) is 19.6 Å². The maximum atomic E-state index is 12.5. The number of nitrogen functional groups attached to an aromatic ring is 1. The first-order chi connectivity index (χ1) is 12.1. The lowest BCUT2D eigenvalue weighted by Gasteiger charge is -2.35. The highest BCUT2D eigenvalue weighted by atomic mass is 16.5. The summed E-state index contributed by atoms with van der Waals surface area (Å²) in [7, 11) is 1.30. The molecule has 0 aliphatic carbocycles. The number of anilines is 2. The van der Waals surface area contributed by atoms with Crippen molar-refractivity contribution in [2.24, 2.45) is 0 Å². The summed E-state index contributed by atoms with van der Waals surface area (Å²) in [5, 5.41) is 0. The third-order valence-corrected chi connectivity index (χ3v) is 4.09. The third kappa shape index (κ3) is 3.52. The molecule has 130 valence electrons. The zero-order chi connectivity index (χ0) is 17.8. The highest BCUT2D eigenvalue weighted by molar-refractivity contribution is 5.94. The van der Waals surface area contributed by atoms with E-state index in [-0.39, 0.29) is 5.91 Å². The minimum atomic E-state index is -0.479. The van der Waals surface area contributed by atoms with E-state index >= 15 is 0 Å². The number of ether oxygens (including phenoxy) is 1. The van der Waals surface area contributed by atoms with Gasteiger partial charge >= 0.3 is 5.97 Å². The van der Waals surface area contributed by atoms with E-state index in [1.54, 1.807) is 17.2 Å². The van der Waals surface area contributed by atoms with Gasteiger partial charge in [0.1, 0.15) is 5.69 Å². The summed E-state index contributed by atoms with van der Waals surface area (Å²) in [4.78, 5) is 36.1. The smallest absolute Gasteiger partial charge is 0.339 e. The van der Waals surface area contributed by atoms with Crippen molar-refractivity contribution in [3.63, 3.8) is 0 Å². The zero-order valence-corrected chi connectivity index (χ0v) is 13.9. The SMILES string of the molecule is COC(=O)c1ccc(C(=O)N2CCN(c3ncccc3N)CC2)nc1. The van der Waals surface area contributed by atoms with Crippen LogP contribution in [-0.4, -0.2) is 60.0 Å². The van der Waals surface area contributed by atoms with Gasteiger partial charge in [-0.15, -0.1) is 0 Å². The topological polar surface area (TPSA) is 102 Å². The second-order valence-corrected chi connectivity index (χ2v) is 5.62. The molecule has 2 N–H and O–H groups in total. The lowest BCUT2D eigenvalue weighted by atomic mass is 10.2. The molecular formula is C17H19N5O3. The van der Waals surface area contributed by atoms with E-state index in [1.807, 2.05) is 6.07 Å². The van der Waals surface area contributed by atoms with E-state index in [0.717, 1.165) is 5.82 Å². The van der Waals surface area contributed by atoms with Crippen molar-refractivity contribution in [1.82, 2.24) is 14.9 Å². The van der Waals surface area contributed by atoms with Gasteiger partial charge in [0.15, 0.2) is 5.82 Å². The number of nitrogens with two attached hydrogens (primary N) is 1. The highest BCUT2D eigenvalue weighted by Crippen LogP contribution is 2.21. The first kappa shape index (κ1) is 16.7. The van der Waals surface area contributed by atoms with Crippen molar-refractivity contribution in [3.8, 4) is 0 Å². The molecule has 1 fully saturated rings. The number of aromatic nitrogens is 2. The predicted molar refractivity (Wildman–Crippen MR) is 92.3 cm³/mol. The molecule has 0 saturated carbocycles. The Balaban J connectivity index is 1.63. The van der Waals surface area contributed by atoms with E-state index in [1.165, 1.54) is 25.4 Å². The van der Waals surface area contributed by atoms with Crippen LogP contribution in [0.5, 0.6) is 0 Å². The van der Waals surface area contributed by atoms with Gasteiger partial charge in [-0.1, -0.05) is 0 Å². The molecule has 0 radical (unpaired) electrons. The molecule has 0 unspecified atom stereocenters. The molecule has 2 aromatic heterocycles. The number of methoxy groups -OCH3 is 1. The summed E-state index contributed by atoms with van der Waals surface area (Å²) in [5.41, 5.74) is 7.20. The largest absolute Gasteiger partial charge is 0.465 e. The first-order valence-corrected chi connectivity index (χ1v) is 7.89. The Labute approximate surface area is 145 Å². The van der Waals surface area contributed by atoms with Gasteiger partial charge in [-0.3, -0.25) is 9.78 Å². The fourth-order valence-electron chi connectivity index (χ4n) is 2.72. The van der Waals surface area contributed by atoms with E-state index in [4.69, 9.17) is 5.73 Å². The van der Waals surface area contributed by atoms with Gasteiger partial charge in [0, 0.05) is 38.6 Å². The Kier molecular flexibility index (Phi) is 4.78. The summed E-state index contributed by atoms with van der Waals surface area (Å²) >= 11 is 0. The van der Waals surface area contributed by atoms with Crippen LogP contribution in [0.15, 0.2) is 36.7 Å². The fraction of sp³-hybridized carbons (Fsp3) is 0.294. The van der Waals surface area contributed by atoms with Crippen LogP contribution in [0, 0.1) is 0 Å². The molecule has 2 aromatic rings. The van der Waals surface area contributed by atoms with Crippen LogP contribution < -0.4 is 10.6 Å². The molecule has 0 atom stereocenters. The zero-order valence-electron chi connectivity index (χ0n) is 13.9. The summed E-state index contributed by atoms with van der Waals surface area (Å²) in [6.07, 6.45) is 3.06. The number of piperazine rings is 1. The average molecular weight is 341 g/mol. The number of amides is 1. The van der Waals surface area contributed by atoms with Crippen LogP contribution in [0.3, 0.4) is 0 Å². The molecule has 1 amide bonds. The van der Waals surface area contributed by atoms with Gasteiger partial charge in [-0.2, -0.15) is 0 Å². The standard InChI is InChI=1S/C17H19N5O3/c1-25-17(24)12-4-5-14(20-11-12)16(23)22-9-7-21(8-10-22)15-13(18)3-2-6-19-15/h2-6,11H,7-10,18H2,1H3. The van der Waals surface area contributed by atoms with Crippen molar-refractivity contribution in [2.75, 3.05) is 43.9 Å². The van der Waals surface area contributed by atoms with Gasteiger partial charge in [0.2, 0.25) is 0 Å². The molecule has 0 spiro atoms. The summed E-state index contributed by atoms with van der Waals surface area (Å²) in [5.74, 6) is 0.105. The number of rotatable bonds is 3. The number of hydrogen-bond acceptors (Lipinski definition) is 7. The molecular weight excluding hydrogens is 322 g/mol. The van der Waals surface area contributed by atoms with Gasteiger partial charge in [0.25, 0.3) is 5.91 Å². The summed E-state index contributed by atoms with van der Waals surface area (Å²) < 4.78 is 4.62. The molecule has 0 aromatic carbocycles. The lowest BCUT2D eigenvalue weighted by Crippen LogP contribution is -2.49. The Bertz CT molecular complexity index is 770. The normalized spacial score (nSPS) is 14.3. The quantitative estimate of drug-likeness (QED) is 0.824. The fourth-order valence-corrected chi connectivity index (χ4v) is 2.72. The lowest BCUT2D eigenvalue weighted by molar-refractivity contribution is 0.0599. The van der Waals surface area contributed by atoms with Crippen LogP contribution in [0.25, 0.3) is 0 Å². The predicted octanol–water partition coefficient (Wildman–Crippen LogP) is 0.808.